The Hall–Kier alpha value is -4.59. The standard InChI is InChI=1S/C30H29FN2O5/c1-5-6-25(24-18-27(37-4)26(36-3)17-19(24)2)38-23-13-11-22(12-14-23)33-29(35)30(15-16-30)28(34)32-21-9-7-20(31)8-10-21/h5-14,17-18H,1,15-16H2,2-4H3,(H,32,34)(H,33,35)/b25-6+. The third-order valence-corrected chi connectivity index (χ3v) is 6.33. The van der Waals surface area contributed by atoms with Crippen molar-refractivity contribution in [1.82, 2.24) is 0 Å². The van der Waals surface area contributed by atoms with Crippen molar-refractivity contribution in [2.24, 2.45) is 5.41 Å². The minimum absolute atomic E-state index is 0.390. The summed E-state index contributed by atoms with van der Waals surface area (Å²) in [5.74, 6) is 1.09. The number of allylic oxidation sites excluding steroid dienone is 2. The number of aryl methyl sites for hydroxylation is 1. The van der Waals surface area contributed by atoms with Gasteiger partial charge in [-0.1, -0.05) is 12.7 Å². The third kappa shape index (κ3) is 5.70. The van der Waals surface area contributed by atoms with Gasteiger partial charge in [0.1, 0.15) is 22.7 Å². The summed E-state index contributed by atoms with van der Waals surface area (Å²) in [5, 5.41) is 5.52. The second-order valence-corrected chi connectivity index (χ2v) is 8.91. The van der Waals surface area contributed by atoms with Crippen molar-refractivity contribution >= 4 is 28.9 Å². The van der Waals surface area contributed by atoms with E-state index in [4.69, 9.17) is 14.2 Å². The second-order valence-electron chi connectivity index (χ2n) is 8.91. The Balaban J connectivity index is 1.44. The molecule has 1 aliphatic rings. The highest BCUT2D eigenvalue weighted by atomic mass is 19.1. The number of nitrogens with one attached hydrogen (secondary N) is 2. The monoisotopic (exact) mass is 516 g/mol. The van der Waals surface area contributed by atoms with Crippen LogP contribution < -0.4 is 24.8 Å². The largest absolute Gasteiger partial charge is 0.493 e. The molecule has 0 radical (unpaired) electrons. The summed E-state index contributed by atoms with van der Waals surface area (Å²) in [4.78, 5) is 25.7. The molecule has 0 aliphatic heterocycles. The first-order valence-electron chi connectivity index (χ1n) is 12.0. The number of anilines is 2. The van der Waals surface area contributed by atoms with Gasteiger partial charge in [0.15, 0.2) is 11.5 Å². The Morgan fingerprint density at radius 2 is 1.42 bits per heavy atom. The Kier molecular flexibility index (Phi) is 7.81. The molecule has 7 nitrogen and oxygen atoms in total. The van der Waals surface area contributed by atoms with Gasteiger partial charge >= 0.3 is 0 Å². The molecule has 1 aliphatic carbocycles. The van der Waals surface area contributed by atoms with Crippen LogP contribution in [0.25, 0.3) is 5.76 Å². The van der Waals surface area contributed by atoms with Crippen molar-refractivity contribution < 1.29 is 28.2 Å². The normalized spacial score (nSPS) is 13.7. The van der Waals surface area contributed by atoms with E-state index in [0.29, 0.717) is 47.2 Å². The molecule has 0 heterocycles. The number of amides is 2. The van der Waals surface area contributed by atoms with Crippen LogP contribution in [-0.4, -0.2) is 26.0 Å². The molecule has 8 heteroatoms. The predicted octanol–water partition coefficient (Wildman–Crippen LogP) is 6.11. The highest BCUT2D eigenvalue weighted by Gasteiger charge is 2.56. The highest BCUT2D eigenvalue weighted by Crippen LogP contribution is 2.47. The molecule has 1 saturated carbocycles. The van der Waals surface area contributed by atoms with E-state index in [9.17, 15) is 14.0 Å². The van der Waals surface area contributed by atoms with Crippen molar-refractivity contribution in [3.8, 4) is 17.2 Å². The quantitative estimate of drug-likeness (QED) is 0.193. The Morgan fingerprint density at radius 1 is 0.895 bits per heavy atom. The van der Waals surface area contributed by atoms with Gasteiger partial charge in [-0.3, -0.25) is 9.59 Å². The average Bonchev–Trinajstić information content (AvgIpc) is 3.73. The molecule has 4 rings (SSSR count). The number of hydrogen-bond acceptors (Lipinski definition) is 5. The molecular formula is C30H29FN2O5. The number of carbonyl (C=O) groups excluding carboxylic acids is 2. The van der Waals surface area contributed by atoms with Gasteiger partial charge in [-0.2, -0.15) is 0 Å². The molecule has 0 saturated heterocycles. The highest BCUT2D eigenvalue weighted by molar-refractivity contribution is 6.16. The number of ether oxygens (including phenoxy) is 3. The van der Waals surface area contributed by atoms with Gasteiger partial charge in [-0.15, -0.1) is 0 Å². The number of hydrogen-bond donors (Lipinski definition) is 2. The minimum Gasteiger partial charge on any atom is -0.493 e. The number of carbonyl (C=O) groups is 2. The summed E-state index contributed by atoms with van der Waals surface area (Å²) >= 11 is 0. The van der Waals surface area contributed by atoms with Crippen molar-refractivity contribution in [3.05, 3.63) is 96.3 Å². The molecule has 196 valence electrons. The lowest BCUT2D eigenvalue weighted by Crippen LogP contribution is -2.35. The molecule has 3 aromatic carbocycles. The van der Waals surface area contributed by atoms with Crippen molar-refractivity contribution in [2.75, 3.05) is 24.9 Å². The Morgan fingerprint density at radius 3 is 1.92 bits per heavy atom. The molecule has 2 amide bonds. The van der Waals surface area contributed by atoms with E-state index in [2.05, 4.69) is 17.2 Å². The Labute approximate surface area is 220 Å². The van der Waals surface area contributed by atoms with Crippen LogP contribution in [0.5, 0.6) is 17.2 Å². The molecule has 0 bridgehead atoms. The number of rotatable bonds is 10. The summed E-state index contributed by atoms with van der Waals surface area (Å²) < 4.78 is 30.1. The number of halogens is 1. The van der Waals surface area contributed by atoms with Gasteiger partial charge in [-0.05, 0) is 92.1 Å². The van der Waals surface area contributed by atoms with Gasteiger partial charge < -0.3 is 24.8 Å². The Bertz CT molecular complexity index is 1380. The molecule has 38 heavy (non-hydrogen) atoms. The lowest BCUT2D eigenvalue weighted by atomic mass is 10.0. The average molecular weight is 517 g/mol. The maximum atomic E-state index is 13.1. The summed E-state index contributed by atoms with van der Waals surface area (Å²) in [6.45, 7) is 5.73. The van der Waals surface area contributed by atoms with Crippen molar-refractivity contribution in [2.45, 2.75) is 19.8 Å². The van der Waals surface area contributed by atoms with E-state index in [1.807, 2.05) is 19.1 Å². The van der Waals surface area contributed by atoms with Gasteiger partial charge in [0.05, 0.1) is 14.2 Å². The lowest BCUT2D eigenvalue weighted by Gasteiger charge is -2.17. The van der Waals surface area contributed by atoms with Crippen LogP contribution in [0.1, 0.15) is 24.0 Å². The van der Waals surface area contributed by atoms with E-state index in [1.54, 1.807) is 50.6 Å². The van der Waals surface area contributed by atoms with Gasteiger partial charge in [0.2, 0.25) is 11.8 Å². The summed E-state index contributed by atoms with van der Waals surface area (Å²) in [5.41, 5.74) is 1.55. The molecule has 2 N–H and O–H groups in total. The predicted molar refractivity (Wildman–Crippen MR) is 145 cm³/mol. The first kappa shape index (κ1) is 26.5. The van der Waals surface area contributed by atoms with Crippen molar-refractivity contribution in [3.63, 3.8) is 0 Å². The van der Waals surface area contributed by atoms with Crippen LogP contribution in [0, 0.1) is 18.2 Å². The third-order valence-electron chi connectivity index (χ3n) is 6.33. The smallest absolute Gasteiger partial charge is 0.240 e. The van der Waals surface area contributed by atoms with Gasteiger partial charge in [0, 0.05) is 16.9 Å². The number of methoxy groups -OCH3 is 2. The zero-order chi connectivity index (χ0) is 27.3. The van der Waals surface area contributed by atoms with Crippen LogP contribution in [0.15, 0.2) is 79.4 Å². The summed E-state index contributed by atoms with van der Waals surface area (Å²) in [7, 11) is 3.15. The summed E-state index contributed by atoms with van der Waals surface area (Å²) in [6, 6.07) is 16.0. The maximum absolute atomic E-state index is 13.1. The van der Waals surface area contributed by atoms with E-state index in [-0.39, 0.29) is 5.91 Å². The fraction of sp³-hybridized carbons (Fsp3) is 0.200. The maximum Gasteiger partial charge on any atom is 0.240 e. The topological polar surface area (TPSA) is 85.9 Å². The molecular weight excluding hydrogens is 487 g/mol. The van der Waals surface area contributed by atoms with Crippen LogP contribution in [0.2, 0.25) is 0 Å². The van der Waals surface area contributed by atoms with Crippen LogP contribution in [-0.2, 0) is 9.59 Å². The molecule has 3 aromatic rings. The first-order chi connectivity index (χ1) is 18.3. The second kappa shape index (κ2) is 11.2. The molecule has 0 unspecified atom stereocenters. The number of benzene rings is 3. The van der Waals surface area contributed by atoms with Crippen LogP contribution in [0.3, 0.4) is 0 Å². The minimum atomic E-state index is -1.14. The molecule has 0 spiro atoms. The van der Waals surface area contributed by atoms with Crippen molar-refractivity contribution in [1.29, 1.82) is 0 Å². The molecule has 1 fully saturated rings. The van der Waals surface area contributed by atoms with E-state index in [1.165, 1.54) is 24.3 Å². The SMILES string of the molecule is C=C/C=C(/Oc1ccc(NC(=O)C2(C(=O)Nc3ccc(F)cc3)CC2)cc1)c1cc(OC)c(OC)cc1C. The lowest BCUT2D eigenvalue weighted by molar-refractivity contribution is -0.131. The van der Waals surface area contributed by atoms with Gasteiger partial charge in [0.25, 0.3) is 0 Å². The van der Waals surface area contributed by atoms with Crippen LogP contribution >= 0.6 is 0 Å². The fourth-order valence-electron chi connectivity index (χ4n) is 3.98. The van der Waals surface area contributed by atoms with E-state index < -0.39 is 17.1 Å². The van der Waals surface area contributed by atoms with Gasteiger partial charge in [-0.25, -0.2) is 4.39 Å². The molecule has 0 atom stereocenters. The van der Waals surface area contributed by atoms with Crippen LogP contribution in [0.4, 0.5) is 15.8 Å². The zero-order valence-corrected chi connectivity index (χ0v) is 21.5. The fourth-order valence-corrected chi connectivity index (χ4v) is 3.98. The van der Waals surface area contributed by atoms with E-state index in [0.717, 1.165) is 11.1 Å². The summed E-state index contributed by atoms with van der Waals surface area (Å²) in [6.07, 6.45) is 4.26. The zero-order valence-electron chi connectivity index (χ0n) is 21.5. The van der Waals surface area contributed by atoms with E-state index >= 15 is 0 Å². The molecule has 0 aromatic heterocycles. The first-order valence-corrected chi connectivity index (χ1v) is 12.0.